The van der Waals surface area contributed by atoms with E-state index in [1.54, 1.807) is 0 Å². The van der Waals surface area contributed by atoms with Crippen LogP contribution in [0, 0.1) is 12.7 Å². The Morgan fingerprint density at radius 3 is 2.41 bits per heavy atom. The van der Waals surface area contributed by atoms with E-state index >= 15 is 0 Å². The lowest BCUT2D eigenvalue weighted by molar-refractivity contribution is -0.124. The van der Waals surface area contributed by atoms with Crippen LogP contribution in [0.1, 0.15) is 29.5 Å². The molecule has 0 saturated carbocycles. The fourth-order valence-electron chi connectivity index (χ4n) is 2.84. The summed E-state index contributed by atoms with van der Waals surface area (Å²) in [5, 5.41) is 6.51. The molecule has 2 amide bonds. The zero-order valence-corrected chi connectivity index (χ0v) is 17.7. The van der Waals surface area contributed by atoms with Crippen molar-refractivity contribution in [3.63, 3.8) is 0 Å². The van der Waals surface area contributed by atoms with E-state index in [0.717, 1.165) is 16.9 Å². The highest BCUT2D eigenvalue weighted by Gasteiger charge is 2.07. The molecule has 0 aromatic heterocycles. The summed E-state index contributed by atoms with van der Waals surface area (Å²) < 4.78 is 18.6. The molecule has 32 heavy (non-hydrogen) atoms. The first-order valence-electron chi connectivity index (χ1n) is 10.1. The minimum Gasteiger partial charge on any atom is -0.489 e. The van der Waals surface area contributed by atoms with E-state index in [2.05, 4.69) is 21.9 Å². The van der Waals surface area contributed by atoms with Gasteiger partial charge in [0.15, 0.2) is 0 Å². The standard InChI is InChI=1S/C25H24FN3O3/c1-18-3-2-4-20(15-18)17-32-23-11-5-19(6-12-23)16-27-29-25(31)14-13-24(30)28-22-9-7-21(26)8-10-22/h2-12,15-16H,13-14,17H2,1H3,(H,28,30)(H,29,31). The Balaban J connectivity index is 1.37. The van der Waals surface area contributed by atoms with Gasteiger partial charge in [0.1, 0.15) is 18.2 Å². The van der Waals surface area contributed by atoms with Crippen LogP contribution in [0.4, 0.5) is 10.1 Å². The molecule has 164 valence electrons. The molecule has 3 aromatic carbocycles. The van der Waals surface area contributed by atoms with Crippen LogP contribution in [-0.4, -0.2) is 18.0 Å². The molecule has 0 radical (unpaired) electrons. The van der Waals surface area contributed by atoms with E-state index in [1.807, 2.05) is 49.4 Å². The SMILES string of the molecule is Cc1cccc(COc2ccc(C=NNC(=O)CCC(=O)Nc3ccc(F)cc3)cc2)c1. The molecule has 6 nitrogen and oxygen atoms in total. The predicted octanol–water partition coefficient (Wildman–Crippen LogP) is 4.58. The van der Waals surface area contributed by atoms with Crippen molar-refractivity contribution < 1.29 is 18.7 Å². The lowest BCUT2D eigenvalue weighted by Crippen LogP contribution is -2.20. The second kappa shape index (κ2) is 11.4. The summed E-state index contributed by atoms with van der Waals surface area (Å²) in [4.78, 5) is 23.7. The van der Waals surface area contributed by atoms with E-state index in [9.17, 15) is 14.0 Å². The van der Waals surface area contributed by atoms with Crippen LogP contribution in [0.5, 0.6) is 5.75 Å². The number of benzene rings is 3. The predicted molar refractivity (Wildman–Crippen MR) is 122 cm³/mol. The first kappa shape index (κ1) is 22.7. The molecule has 0 unspecified atom stereocenters. The summed E-state index contributed by atoms with van der Waals surface area (Å²) in [7, 11) is 0. The Labute approximate surface area is 186 Å². The Morgan fingerprint density at radius 2 is 1.69 bits per heavy atom. The number of amides is 2. The molecule has 0 bridgehead atoms. The Hall–Kier alpha value is -4.00. The first-order valence-corrected chi connectivity index (χ1v) is 10.1. The van der Waals surface area contributed by atoms with Gasteiger partial charge in [0, 0.05) is 18.5 Å². The van der Waals surface area contributed by atoms with Crippen LogP contribution >= 0.6 is 0 Å². The summed E-state index contributed by atoms with van der Waals surface area (Å²) in [5.74, 6) is -0.366. The number of hydrazone groups is 1. The van der Waals surface area contributed by atoms with Crippen LogP contribution < -0.4 is 15.5 Å². The minimum absolute atomic E-state index is 0.00823. The minimum atomic E-state index is -0.385. The monoisotopic (exact) mass is 433 g/mol. The van der Waals surface area contributed by atoms with Crippen LogP contribution in [0.2, 0.25) is 0 Å². The normalized spacial score (nSPS) is 10.7. The third-order valence-electron chi connectivity index (χ3n) is 4.48. The van der Waals surface area contributed by atoms with Gasteiger partial charge in [-0.05, 0) is 66.6 Å². The molecule has 0 aliphatic rings. The largest absolute Gasteiger partial charge is 0.489 e. The molecule has 3 aromatic rings. The van der Waals surface area contributed by atoms with Gasteiger partial charge in [-0.1, -0.05) is 29.8 Å². The molecule has 0 atom stereocenters. The lowest BCUT2D eigenvalue weighted by atomic mass is 10.1. The maximum atomic E-state index is 12.9. The van der Waals surface area contributed by atoms with E-state index in [1.165, 1.54) is 36.0 Å². The number of nitrogens with zero attached hydrogens (tertiary/aromatic N) is 1. The number of carbonyl (C=O) groups is 2. The van der Waals surface area contributed by atoms with Gasteiger partial charge in [-0.15, -0.1) is 0 Å². The molecule has 0 heterocycles. The van der Waals surface area contributed by atoms with Crippen LogP contribution in [0.25, 0.3) is 0 Å². The number of hydrogen-bond acceptors (Lipinski definition) is 4. The number of rotatable bonds is 9. The average Bonchev–Trinajstić information content (AvgIpc) is 2.79. The van der Waals surface area contributed by atoms with E-state index in [0.29, 0.717) is 12.3 Å². The van der Waals surface area contributed by atoms with Crippen molar-refractivity contribution in [1.82, 2.24) is 5.43 Å². The fourth-order valence-corrected chi connectivity index (χ4v) is 2.84. The van der Waals surface area contributed by atoms with Crippen LogP contribution in [0.15, 0.2) is 77.9 Å². The van der Waals surface area contributed by atoms with Gasteiger partial charge in [0.2, 0.25) is 11.8 Å². The first-order chi connectivity index (χ1) is 15.5. The maximum Gasteiger partial charge on any atom is 0.240 e. The van der Waals surface area contributed by atoms with Gasteiger partial charge in [0.25, 0.3) is 0 Å². The lowest BCUT2D eigenvalue weighted by Gasteiger charge is -2.07. The number of ether oxygens (including phenoxy) is 1. The second-order valence-electron chi connectivity index (χ2n) is 7.20. The van der Waals surface area contributed by atoms with Crippen molar-refractivity contribution >= 4 is 23.7 Å². The van der Waals surface area contributed by atoms with Crippen molar-refractivity contribution in [3.05, 3.63) is 95.3 Å². The zero-order valence-electron chi connectivity index (χ0n) is 17.7. The summed E-state index contributed by atoms with van der Waals surface area (Å²) in [6.07, 6.45) is 1.49. The Bertz CT molecular complexity index is 1080. The summed E-state index contributed by atoms with van der Waals surface area (Å²) in [5.41, 5.74) is 5.95. The molecule has 0 aliphatic carbocycles. The van der Waals surface area contributed by atoms with Crippen LogP contribution in [0.3, 0.4) is 0 Å². The number of aryl methyl sites for hydroxylation is 1. The third kappa shape index (κ3) is 7.68. The molecular weight excluding hydrogens is 409 g/mol. The smallest absolute Gasteiger partial charge is 0.240 e. The Morgan fingerprint density at radius 1 is 0.969 bits per heavy atom. The van der Waals surface area contributed by atoms with Crippen LogP contribution in [-0.2, 0) is 16.2 Å². The quantitative estimate of drug-likeness (QED) is 0.383. The Kier molecular flexibility index (Phi) is 8.09. The molecule has 7 heteroatoms. The summed E-state index contributed by atoms with van der Waals surface area (Å²) >= 11 is 0. The van der Waals surface area contributed by atoms with Gasteiger partial charge in [-0.3, -0.25) is 9.59 Å². The van der Waals surface area contributed by atoms with E-state index in [4.69, 9.17) is 4.74 Å². The van der Waals surface area contributed by atoms with Crippen molar-refractivity contribution in [1.29, 1.82) is 0 Å². The van der Waals surface area contributed by atoms with Gasteiger partial charge in [0.05, 0.1) is 6.21 Å². The zero-order chi connectivity index (χ0) is 22.8. The highest BCUT2D eigenvalue weighted by molar-refractivity contribution is 5.93. The highest BCUT2D eigenvalue weighted by Crippen LogP contribution is 2.14. The van der Waals surface area contributed by atoms with Gasteiger partial charge < -0.3 is 10.1 Å². The molecule has 0 aliphatic heterocycles. The average molecular weight is 433 g/mol. The van der Waals surface area contributed by atoms with Gasteiger partial charge >= 0.3 is 0 Å². The van der Waals surface area contributed by atoms with Crippen molar-refractivity contribution in [3.8, 4) is 5.75 Å². The molecule has 0 fully saturated rings. The second-order valence-corrected chi connectivity index (χ2v) is 7.20. The third-order valence-corrected chi connectivity index (χ3v) is 4.48. The summed E-state index contributed by atoms with van der Waals surface area (Å²) in [6.45, 7) is 2.53. The topological polar surface area (TPSA) is 79.8 Å². The highest BCUT2D eigenvalue weighted by atomic mass is 19.1. The molecule has 3 rings (SSSR count). The van der Waals surface area contributed by atoms with Crippen molar-refractivity contribution in [2.75, 3.05) is 5.32 Å². The van der Waals surface area contributed by atoms with E-state index in [-0.39, 0.29) is 30.5 Å². The fraction of sp³-hybridized carbons (Fsp3) is 0.160. The summed E-state index contributed by atoms with van der Waals surface area (Å²) in [6, 6.07) is 20.9. The van der Waals surface area contributed by atoms with Crippen molar-refractivity contribution in [2.45, 2.75) is 26.4 Å². The van der Waals surface area contributed by atoms with Crippen molar-refractivity contribution in [2.24, 2.45) is 5.10 Å². The number of nitrogens with one attached hydrogen (secondary N) is 2. The molecule has 2 N–H and O–H groups in total. The molecule has 0 saturated heterocycles. The number of carbonyl (C=O) groups excluding carboxylic acids is 2. The van der Waals surface area contributed by atoms with Gasteiger partial charge in [-0.25, -0.2) is 9.82 Å². The number of halogens is 1. The van der Waals surface area contributed by atoms with Gasteiger partial charge in [-0.2, -0.15) is 5.10 Å². The number of hydrogen-bond donors (Lipinski definition) is 2. The maximum absolute atomic E-state index is 12.9. The molecular formula is C25H24FN3O3. The molecule has 0 spiro atoms. The number of anilines is 1. The van der Waals surface area contributed by atoms with E-state index < -0.39 is 0 Å².